The average molecular weight is 311 g/mol. The summed E-state index contributed by atoms with van der Waals surface area (Å²) >= 11 is 0. The van der Waals surface area contributed by atoms with Gasteiger partial charge >= 0.3 is 0 Å². The standard InChI is InChI=1S/C18H21N3O2/c1-12-16(13(2)23-19-12)10-20-8-14-9-21(18(22)17(14)11-20)15-6-4-3-5-7-15/h3-7,14,17H,8-11H2,1-2H3. The van der Waals surface area contributed by atoms with Crippen molar-refractivity contribution in [3.8, 4) is 0 Å². The van der Waals surface area contributed by atoms with E-state index in [-0.39, 0.29) is 11.8 Å². The molecule has 0 radical (unpaired) electrons. The molecule has 0 aliphatic carbocycles. The highest BCUT2D eigenvalue weighted by Crippen LogP contribution is 2.35. The Labute approximate surface area is 135 Å². The normalized spacial score (nSPS) is 24.4. The third-order valence-electron chi connectivity index (χ3n) is 5.15. The molecule has 0 N–H and O–H groups in total. The number of aryl methyl sites for hydroxylation is 2. The molecule has 2 aromatic rings. The molecule has 2 atom stereocenters. The van der Waals surface area contributed by atoms with Crippen LogP contribution in [-0.2, 0) is 11.3 Å². The second-order valence-electron chi connectivity index (χ2n) is 6.65. The summed E-state index contributed by atoms with van der Waals surface area (Å²) < 4.78 is 5.24. The fraction of sp³-hybridized carbons (Fsp3) is 0.444. The number of aromatic nitrogens is 1. The molecule has 2 unspecified atom stereocenters. The molecule has 2 aliphatic heterocycles. The smallest absolute Gasteiger partial charge is 0.231 e. The summed E-state index contributed by atoms with van der Waals surface area (Å²) in [7, 11) is 0. The van der Waals surface area contributed by atoms with Crippen molar-refractivity contribution in [1.82, 2.24) is 10.1 Å². The van der Waals surface area contributed by atoms with Gasteiger partial charge in [-0.25, -0.2) is 0 Å². The highest BCUT2D eigenvalue weighted by atomic mass is 16.5. The number of carbonyl (C=O) groups excluding carboxylic acids is 1. The zero-order chi connectivity index (χ0) is 16.0. The summed E-state index contributed by atoms with van der Waals surface area (Å²) in [5, 5.41) is 4.02. The minimum atomic E-state index is 0.121. The van der Waals surface area contributed by atoms with Crippen LogP contribution in [0, 0.1) is 25.7 Å². The lowest BCUT2D eigenvalue weighted by atomic mass is 10.0. The number of nitrogens with zero attached hydrogens (tertiary/aromatic N) is 3. The lowest BCUT2D eigenvalue weighted by Gasteiger charge is -2.21. The highest BCUT2D eigenvalue weighted by molar-refractivity contribution is 5.98. The molecule has 120 valence electrons. The van der Waals surface area contributed by atoms with Gasteiger partial charge in [-0.3, -0.25) is 9.69 Å². The van der Waals surface area contributed by atoms with E-state index in [0.717, 1.165) is 48.9 Å². The molecule has 1 amide bonds. The highest BCUT2D eigenvalue weighted by Gasteiger charge is 2.46. The first kappa shape index (κ1) is 14.5. The van der Waals surface area contributed by atoms with Crippen LogP contribution in [0.15, 0.2) is 34.9 Å². The maximum atomic E-state index is 12.7. The van der Waals surface area contributed by atoms with E-state index >= 15 is 0 Å². The van der Waals surface area contributed by atoms with Gasteiger partial charge in [0.25, 0.3) is 0 Å². The second kappa shape index (κ2) is 5.49. The van der Waals surface area contributed by atoms with Gasteiger partial charge in [-0.05, 0) is 26.0 Å². The zero-order valence-electron chi connectivity index (χ0n) is 13.5. The Morgan fingerprint density at radius 1 is 1.17 bits per heavy atom. The largest absolute Gasteiger partial charge is 0.361 e. The van der Waals surface area contributed by atoms with Gasteiger partial charge in [0.15, 0.2) is 0 Å². The van der Waals surface area contributed by atoms with Crippen molar-refractivity contribution >= 4 is 11.6 Å². The minimum absolute atomic E-state index is 0.121. The summed E-state index contributed by atoms with van der Waals surface area (Å²) in [6.07, 6.45) is 0. The summed E-state index contributed by atoms with van der Waals surface area (Å²) in [6, 6.07) is 9.98. The Balaban J connectivity index is 1.46. The van der Waals surface area contributed by atoms with E-state index in [1.807, 2.05) is 49.1 Å². The molecule has 2 fully saturated rings. The van der Waals surface area contributed by atoms with Crippen LogP contribution >= 0.6 is 0 Å². The third-order valence-corrected chi connectivity index (χ3v) is 5.15. The van der Waals surface area contributed by atoms with Crippen molar-refractivity contribution in [3.63, 3.8) is 0 Å². The fourth-order valence-electron chi connectivity index (χ4n) is 3.87. The van der Waals surface area contributed by atoms with Crippen LogP contribution in [0.2, 0.25) is 0 Å². The maximum Gasteiger partial charge on any atom is 0.231 e. The second-order valence-corrected chi connectivity index (χ2v) is 6.65. The van der Waals surface area contributed by atoms with Crippen LogP contribution < -0.4 is 4.90 Å². The molecule has 0 saturated carbocycles. The average Bonchev–Trinajstić information content (AvgIpc) is 3.19. The van der Waals surface area contributed by atoms with Crippen LogP contribution in [0.3, 0.4) is 0 Å². The molecule has 1 aromatic heterocycles. The van der Waals surface area contributed by atoms with Crippen LogP contribution in [0.5, 0.6) is 0 Å². The Kier molecular flexibility index (Phi) is 3.45. The first-order valence-corrected chi connectivity index (χ1v) is 8.14. The zero-order valence-corrected chi connectivity index (χ0v) is 13.5. The fourth-order valence-corrected chi connectivity index (χ4v) is 3.87. The number of rotatable bonds is 3. The Morgan fingerprint density at radius 3 is 2.61 bits per heavy atom. The Morgan fingerprint density at radius 2 is 1.96 bits per heavy atom. The number of fused-ring (bicyclic) bond motifs is 1. The molecule has 5 nitrogen and oxygen atoms in total. The molecular weight excluding hydrogens is 290 g/mol. The molecular formula is C18H21N3O2. The number of amides is 1. The molecule has 23 heavy (non-hydrogen) atoms. The van der Waals surface area contributed by atoms with E-state index in [9.17, 15) is 4.79 Å². The van der Waals surface area contributed by atoms with Crippen LogP contribution in [0.25, 0.3) is 0 Å². The first-order chi connectivity index (χ1) is 11.1. The molecule has 3 heterocycles. The SMILES string of the molecule is Cc1noc(C)c1CN1CC2CN(c3ccccc3)C(=O)C2C1. The van der Waals surface area contributed by atoms with Gasteiger partial charge in [-0.2, -0.15) is 0 Å². The molecule has 0 bridgehead atoms. The van der Waals surface area contributed by atoms with Crippen molar-refractivity contribution in [2.75, 3.05) is 24.5 Å². The number of hydrogen-bond acceptors (Lipinski definition) is 4. The van der Waals surface area contributed by atoms with E-state index in [1.54, 1.807) is 0 Å². The van der Waals surface area contributed by atoms with Crippen molar-refractivity contribution < 1.29 is 9.32 Å². The number of carbonyl (C=O) groups is 1. The predicted molar refractivity (Wildman–Crippen MR) is 87.0 cm³/mol. The van der Waals surface area contributed by atoms with Gasteiger partial charge in [0.05, 0.1) is 11.6 Å². The molecule has 4 rings (SSSR count). The Bertz CT molecular complexity index is 706. The molecule has 2 aliphatic rings. The van der Waals surface area contributed by atoms with E-state index in [2.05, 4.69) is 10.1 Å². The van der Waals surface area contributed by atoms with Gasteiger partial charge in [-0.15, -0.1) is 0 Å². The first-order valence-electron chi connectivity index (χ1n) is 8.14. The number of benzene rings is 1. The topological polar surface area (TPSA) is 49.6 Å². The van der Waals surface area contributed by atoms with Crippen LogP contribution in [0.1, 0.15) is 17.0 Å². The third kappa shape index (κ3) is 2.45. The van der Waals surface area contributed by atoms with Crippen LogP contribution in [0.4, 0.5) is 5.69 Å². The monoisotopic (exact) mass is 311 g/mol. The summed E-state index contributed by atoms with van der Waals surface area (Å²) in [4.78, 5) is 17.0. The van der Waals surface area contributed by atoms with Gasteiger partial charge in [-0.1, -0.05) is 23.4 Å². The van der Waals surface area contributed by atoms with Gasteiger partial charge in [0.2, 0.25) is 5.91 Å². The maximum absolute atomic E-state index is 12.7. The van der Waals surface area contributed by atoms with E-state index in [0.29, 0.717) is 5.92 Å². The number of para-hydroxylation sites is 1. The molecule has 0 spiro atoms. The number of anilines is 1. The van der Waals surface area contributed by atoms with Crippen molar-refractivity contribution in [2.24, 2.45) is 11.8 Å². The molecule has 1 aromatic carbocycles. The van der Waals surface area contributed by atoms with Crippen molar-refractivity contribution in [3.05, 3.63) is 47.3 Å². The summed E-state index contributed by atoms with van der Waals surface area (Å²) in [5.74, 6) is 1.69. The van der Waals surface area contributed by atoms with Crippen molar-refractivity contribution in [1.29, 1.82) is 0 Å². The Hall–Kier alpha value is -2.14. The minimum Gasteiger partial charge on any atom is -0.361 e. The van der Waals surface area contributed by atoms with Crippen molar-refractivity contribution in [2.45, 2.75) is 20.4 Å². The van der Waals surface area contributed by atoms with Gasteiger partial charge < -0.3 is 9.42 Å². The lowest BCUT2D eigenvalue weighted by Crippen LogP contribution is -2.32. The van der Waals surface area contributed by atoms with Gasteiger partial charge in [0, 0.05) is 43.3 Å². The number of hydrogen-bond donors (Lipinski definition) is 0. The van der Waals surface area contributed by atoms with E-state index in [4.69, 9.17) is 4.52 Å². The number of likely N-dealkylation sites (tertiary alicyclic amines) is 1. The van der Waals surface area contributed by atoms with E-state index in [1.165, 1.54) is 0 Å². The van der Waals surface area contributed by atoms with Crippen LogP contribution in [-0.4, -0.2) is 35.6 Å². The quantitative estimate of drug-likeness (QED) is 0.873. The predicted octanol–water partition coefficient (Wildman–Crippen LogP) is 2.39. The summed E-state index contributed by atoms with van der Waals surface area (Å²) in [5.41, 5.74) is 3.14. The lowest BCUT2D eigenvalue weighted by molar-refractivity contribution is -0.120. The van der Waals surface area contributed by atoms with E-state index < -0.39 is 0 Å². The molecule has 5 heteroatoms. The summed E-state index contributed by atoms with van der Waals surface area (Å²) in [6.45, 7) is 7.37. The molecule has 2 saturated heterocycles. The van der Waals surface area contributed by atoms with Gasteiger partial charge in [0.1, 0.15) is 5.76 Å².